The van der Waals surface area contributed by atoms with Crippen LogP contribution in [0.5, 0.6) is 0 Å². The van der Waals surface area contributed by atoms with E-state index in [0.29, 0.717) is 32.9 Å². The van der Waals surface area contributed by atoms with Crippen LogP contribution in [0.1, 0.15) is 51.5 Å². The highest BCUT2D eigenvalue weighted by Crippen LogP contribution is 2.27. The quantitative estimate of drug-likeness (QED) is 0.143. The second-order valence-corrected chi connectivity index (χ2v) is 7.52. The molecule has 0 aromatic heterocycles. The van der Waals surface area contributed by atoms with Crippen LogP contribution in [-0.4, -0.2) is 51.4 Å². The maximum absolute atomic E-state index is 12.1. The summed E-state index contributed by atoms with van der Waals surface area (Å²) in [5.74, 6) is 1.07. The van der Waals surface area contributed by atoms with Crippen molar-refractivity contribution in [2.75, 3.05) is 44.8 Å². The van der Waals surface area contributed by atoms with Crippen LogP contribution in [0.2, 0.25) is 0 Å². The third-order valence-electron chi connectivity index (χ3n) is 4.99. The number of guanidine groups is 1. The zero-order chi connectivity index (χ0) is 21.4. The molecule has 2 rings (SSSR count). The summed E-state index contributed by atoms with van der Waals surface area (Å²) in [4.78, 5) is 16.8. The molecule has 31 heavy (non-hydrogen) atoms. The lowest BCUT2D eigenvalue weighted by molar-refractivity contribution is -0.122. The van der Waals surface area contributed by atoms with Crippen LogP contribution in [0.3, 0.4) is 0 Å². The van der Waals surface area contributed by atoms with Gasteiger partial charge in [-0.25, -0.2) is 4.99 Å². The zero-order valence-corrected chi connectivity index (χ0v) is 21.3. The molecule has 0 atom stereocenters. The number of rotatable bonds is 14. The van der Waals surface area contributed by atoms with Gasteiger partial charge in [0, 0.05) is 31.3 Å². The van der Waals surface area contributed by atoms with E-state index in [0.717, 1.165) is 62.5 Å². The van der Waals surface area contributed by atoms with Crippen molar-refractivity contribution in [3.05, 3.63) is 29.8 Å². The highest BCUT2D eigenvalue weighted by molar-refractivity contribution is 14.0. The van der Waals surface area contributed by atoms with Gasteiger partial charge in [-0.1, -0.05) is 31.9 Å². The average Bonchev–Trinajstić information content (AvgIpc) is 2.69. The van der Waals surface area contributed by atoms with Gasteiger partial charge in [0.15, 0.2) is 5.96 Å². The topological polar surface area (TPSA) is 84.0 Å². The van der Waals surface area contributed by atoms with Crippen LogP contribution >= 0.6 is 24.0 Å². The summed E-state index contributed by atoms with van der Waals surface area (Å²) in [6.07, 6.45) is 5.41. The Morgan fingerprint density at radius 3 is 2.55 bits per heavy atom. The smallest absolute Gasteiger partial charge is 0.227 e. The average molecular weight is 546 g/mol. The fourth-order valence-electron chi connectivity index (χ4n) is 2.98. The molecule has 0 heterocycles. The Hall–Kier alpha value is -1.39. The number of carbonyl (C=O) groups excluding carboxylic acids is 1. The number of unbranched alkanes of at least 4 members (excludes halogenated alkanes) is 1. The number of amides is 1. The van der Waals surface area contributed by atoms with E-state index in [2.05, 4.69) is 27.9 Å². The first kappa shape index (κ1) is 27.6. The lowest BCUT2D eigenvalue weighted by Gasteiger charge is -2.24. The minimum atomic E-state index is 0. The molecule has 0 saturated heterocycles. The summed E-state index contributed by atoms with van der Waals surface area (Å²) in [7, 11) is 0. The van der Waals surface area contributed by atoms with Gasteiger partial charge in [-0.15, -0.1) is 24.0 Å². The third-order valence-corrected chi connectivity index (χ3v) is 4.99. The summed E-state index contributed by atoms with van der Waals surface area (Å²) >= 11 is 0. The standard InChI is InChI=1S/C23H38N4O3.HI/c1-3-5-13-29-15-16-30-14-12-25-23(24-4-2)26-18-19-8-6-11-21(17-19)27-22(28)20-9-7-10-20;/h6,8,11,17,20H,3-5,7,9-10,12-16,18H2,1-2H3,(H,27,28)(H2,24,25,26);1H. The number of carbonyl (C=O) groups is 1. The lowest BCUT2D eigenvalue weighted by Crippen LogP contribution is -2.39. The Kier molecular flexibility index (Phi) is 15.3. The molecule has 0 radical (unpaired) electrons. The highest BCUT2D eigenvalue weighted by Gasteiger charge is 2.25. The van der Waals surface area contributed by atoms with Gasteiger partial charge in [-0.2, -0.15) is 0 Å². The zero-order valence-electron chi connectivity index (χ0n) is 19.0. The number of halogens is 1. The van der Waals surface area contributed by atoms with Crippen molar-refractivity contribution in [2.24, 2.45) is 10.9 Å². The number of aliphatic imine (C=N–C) groups is 1. The van der Waals surface area contributed by atoms with E-state index in [9.17, 15) is 4.79 Å². The van der Waals surface area contributed by atoms with Gasteiger partial charge < -0.3 is 25.4 Å². The highest BCUT2D eigenvalue weighted by atomic mass is 127. The molecule has 1 amide bonds. The number of nitrogens with one attached hydrogen (secondary N) is 3. The number of hydrogen-bond acceptors (Lipinski definition) is 4. The van der Waals surface area contributed by atoms with Crippen molar-refractivity contribution in [1.82, 2.24) is 10.6 Å². The molecule has 0 bridgehead atoms. The van der Waals surface area contributed by atoms with E-state index < -0.39 is 0 Å². The van der Waals surface area contributed by atoms with Crippen molar-refractivity contribution in [3.63, 3.8) is 0 Å². The van der Waals surface area contributed by atoms with Gasteiger partial charge in [0.25, 0.3) is 0 Å². The first-order chi connectivity index (χ1) is 14.7. The van der Waals surface area contributed by atoms with Crippen molar-refractivity contribution >= 4 is 41.5 Å². The minimum Gasteiger partial charge on any atom is -0.379 e. The van der Waals surface area contributed by atoms with E-state index in [-0.39, 0.29) is 35.8 Å². The van der Waals surface area contributed by atoms with E-state index in [1.54, 1.807) is 0 Å². The molecule has 8 heteroatoms. The van der Waals surface area contributed by atoms with Crippen LogP contribution in [0.15, 0.2) is 29.3 Å². The first-order valence-electron chi connectivity index (χ1n) is 11.3. The number of hydrogen-bond donors (Lipinski definition) is 3. The third kappa shape index (κ3) is 11.7. The molecule has 1 aliphatic carbocycles. The predicted octanol–water partition coefficient (Wildman–Crippen LogP) is 3.93. The lowest BCUT2D eigenvalue weighted by atomic mass is 9.85. The summed E-state index contributed by atoms with van der Waals surface area (Å²) in [6, 6.07) is 7.90. The van der Waals surface area contributed by atoms with E-state index in [1.165, 1.54) is 0 Å². The first-order valence-corrected chi connectivity index (χ1v) is 11.3. The Morgan fingerprint density at radius 2 is 1.87 bits per heavy atom. The Labute approximate surface area is 204 Å². The van der Waals surface area contributed by atoms with Gasteiger partial charge in [0.2, 0.25) is 5.91 Å². The number of ether oxygens (including phenoxy) is 2. The van der Waals surface area contributed by atoms with E-state index in [1.807, 2.05) is 31.2 Å². The monoisotopic (exact) mass is 546 g/mol. The van der Waals surface area contributed by atoms with Crippen molar-refractivity contribution in [1.29, 1.82) is 0 Å². The fourth-order valence-corrected chi connectivity index (χ4v) is 2.98. The maximum Gasteiger partial charge on any atom is 0.227 e. The Bertz CT molecular complexity index is 653. The van der Waals surface area contributed by atoms with Gasteiger partial charge in [0.05, 0.1) is 26.4 Å². The van der Waals surface area contributed by atoms with Crippen LogP contribution in [0.4, 0.5) is 5.69 Å². The second kappa shape index (κ2) is 17.2. The number of nitrogens with zero attached hydrogens (tertiary/aromatic N) is 1. The Balaban J connectivity index is 0.00000480. The molecule has 176 valence electrons. The molecular formula is C23H39IN4O3. The largest absolute Gasteiger partial charge is 0.379 e. The van der Waals surface area contributed by atoms with E-state index >= 15 is 0 Å². The normalized spacial score (nSPS) is 13.8. The van der Waals surface area contributed by atoms with Crippen LogP contribution < -0.4 is 16.0 Å². The molecule has 1 aromatic carbocycles. The van der Waals surface area contributed by atoms with Gasteiger partial charge in [0.1, 0.15) is 0 Å². The number of benzene rings is 1. The fraction of sp³-hybridized carbons (Fsp3) is 0.652. The van der Waals surface area contributed by atoms with Crippen molar-refractivity contribution in [3.8, 4) is 0 Å². The second-order valence-electron chi connectivity index (χ2n) is 7.52. The Morgan fingerprint density at radius 1 is 1.10 bits per heavy atom. The van der Waals surface area contributed by atoms with Gasteiger partial charge in [-0.05, 0) is 43.9 Å². The molecular weight excluding hydrogens is 507 g/mol. The molecule has 1 fully saturated rings. The molecule has 0 spiro atoms. The molecule has 7 nitrogen and oxygen atoms in total. The summed E-state index contributed by atoms with van der Waals surface area (Å²) < 4.78 is 11.1. The minimum absolute atomic E-state index is 0. The molecule has 1 aromatic rings. The van der Waals surface area contributed by atoms with Crippen LogP contribution in [0.25, 0.3) is 0 Å². The molecule has 3 N–H and O–H groups in total. The van der Waals surface area contributed by atoms with Crippen LogP contribution in [-0.2, 0) is 20.8 Å². The predicted molar refractivity (Wildman–Crippen MR) is 137 cm³/mol. The molecule has 1 aliphatic rings. The van der Waals surface area contributed by atoms with E-state index in [4.69, 9.17) is 9.47 Å². The summed E-state index contributed by atoms with van der Waals surface area (Å²) in [6.45, 7) is 8.85. The van der Waals surface area contributed by atoms with Crippen molar-refractivity contribution < 1.29 is 14.3 Å². The summed E-state index contributed by atoms with van der Waals surface area (Å²) in [5.41, 5.74) is 1.89. The molecule has 0 unspecified atom stereocenters. The maximum atomic E-state index is 12.1. The van der Waals surface area contributed by atoms with Gasteiger partial charge >= 0.3 is 0 Å². The molecule has 1 saturated carbocycles. The van der Waals surface area contributed by atoms with Crippen LogP contribution in [0, 0.1) is 5.92 Å². The van der Waals surface area contributed by atoms with Crippen molar-refractivity contribution in [2.45, 2.75) is 52.5 Å². The molecule has 0 aliphatic heterocycles. The van der Waals surface area contributed by atoms with Gasteiger partial charge in [-0.3, -0.25) is 4.79 Å². The summed E-state index contributed by atoms with van der Waals surface area (Å²) in [5, 5.41) is 9.55. The number of anilines is 1. The SMILES string of the molecule is CCCCOCCOCCNC(=NCc1cccc(NC(=O)C2CCC2)c1)NCC.I.